The fraction of sp³-hybridized carbons (Fsp3) is 0.0435. The summed E-state index contributed by atoms with van der Waals surface area (Å²) in [6.07, 6.45) is 0. The Kier molecular flexibility index (Phi) is 6.66. The molecule has 0 N–H and O–H groups in total. The molecule has 0 radical (unpaired) electrons. The van der Waals surface area contributed by atoms with Gasteiger partial charge in [-0.25, -0.2) is 0 Å². The number of nitriles is 2. The van der Waals surface area contributed by atoms with Crippen LogP contribution in [0.3, 0.4) is 0 Å². The number of aryl methyl sites for hydroxylation is 2. The van der Waals surface area contributed by atoms with Crippen LogP contribution in [0.4, 0.5) is 0 Å². The Morgan fingerprint density at radius 2 is 1.10 bits per heavy atom. The monoisotopic (exact) mass is 638 g/mol. The molecule has 9 rings (SSSR count). The average molecular weight is 639 g/mol. The van der Waals surface area contributed by atoms with Gasteiger partial charge >= 0.3 is 0 Å². The molecule has 7 aromatic carbocycles. The van der Waals surface area contributed by atoms with Crippen LogP contribution in [-0.4, -0.2) is 9.13 Å². The number of aromatic nitrogens is 2. The number of fused-ring (bicyclic) bond motifs is 6. The van der Waals surface area contributed by atoms with Crippen LogP contribution >= 0.6 is 0 Å². The Morgan fingerprint density at radius 3 is 1.82 bits per heavy atom. The number of benzene rings is 7. The highest BCUT2D eigenvalue weighted by Crippen LogP contribution is 2.44. The van der Waals surface area contributed by atoms with Crippen molar-refractivity contribution < 1.29 is 0 Å². The Balaban J connectivity index is 1.40. The molecule has 0 saturated heterocycles. The Labute approximate surface area is 289 Å². The number of nitrogens with zero attached hydrogens (tertiary/aromatic N) is 4. The summed E-state index contributed by atoms with van der Waals surface area (Å²) in [7, 11) is 0. The van der Waals surface area contributed by atoms with Gasteiger partial charge in [0.15, 0.2) is 0 Å². The second-order valence-electron chi connectivity index (χ2n) is 12.9. The van der Waals surface area contributed by atoms with E-state index in [-0.39, 0.29) is 0 Å². The summed E-state index contributed by atoms with van der Waals surface area (Å²) in [5.41, 5.74) is 13.9. The van der Waals surface area contributed by atoms with Gasteiger partial charge in [0.1, 0.15) is 0 Å². The molecule has 0 unspecified atom stereocenters. The molecule has 0 saturated carbocycles. The van der Waals surface area contributed by atoms with Gasteiger partial charge in [-0.1, -0.05) is 84.9 Å². The van der Waals surface area contributed by atoms with Crippen molar-refractivity contribution in [2.24, 2.45) is 0 Å². The van der Waals surface area contributed by atoms with E-state index in [0.29, 0.717) is 11.1 Å². The van der Waals surface area contributed by atoms with Crippen molar-refractivity contribution >= 4 is 43.6 Å². The van der Waals surface area contributed by atoms with Crippen molar-refractivity contribution in [2.75, 3.05) is 0 Å². The molecule has 2 heterocycles. The zero-order valence-corrected chi connectivity index (χ0v) is 27.6. The molecule has 50 heavy (non-hydrogen) atoms. The van der Waals surface area contributed by atoms with E-state index >= 15 is 0 Å². The van der Waals surface area contributed by atoms with Gasteiger partial charge in [-0.2, -0.15) is 10.5 Å². The maximum absolute atomic E-state index is 10.4. The van der Waals surface area contributed by atoms with Gasteiger partial charge in [0.25, 0.3) is 0 Å². The van der Waals surface area contributed by atoms with E-state index in [9.17, 15) is 10.5 Å². The average Bonchev–Trinajstić information content (AvgIpc) is 3.67. The summed E-state index contributed by atoms with van der Waals surface area (Å²) >= 11 is 0. The molecule has 0 bridgehead atoms. The fourth-order valence-electron chi connectivity index (χ4n) is 7.81. The minimum atomic E-state index is 0.466. The lowest BCUT2D eigenvalue weighted by Crippen LogP contribution is -2.01. The highest BCUT2D eigenvalue weighted by Gasteiger charge is 2.22. The Hall–Kier alpha value is -6.88. The van der Waals surface area contributed by atoms with Crippen molar-refractivity contribution in [3.63, 3.8) is 0 Å². The third-order valence-electron chi connectivity index (χ3n) is 10.0. The molecular formula is C46H30N4. The third-order valence-corrected chi connectivity index (χ3v) is 10.0. The molecule has 0 aliphatic carbocycles. The van der Waals surface area contributed by atoms with E-state index in [1.807, 2.05) is 18.2 Å². The van der Waals surface area contributed by atoms with E-state index in [4.69, 9.17) is 0 Å². The Morgan fingerprint density at radius 1 is 0.460 bits per heavy atom. The second kappa shape index (κ2) is 11.4. The van der Waals surface area contributed by atoms with E-state index in [0.717, 1.165) is 66.5 Å². The van der Waals surface area contributed by atoms with Crippen LogP contribution in [0.1, 0.15) is 22.3 Å². The van der Waals surface area contributed by atoms with Crippen LogP contribution in [0, 0.1) is 36.5 Å². The fourth-order valence-corrected chi connectivity index (χ4v) is 7.81. The van der Waals surface area contributed by atoms with Gasteiger partial charge in [-0.15, -0.1) is 0 Å². The maximum Gasteiger partial charge on any atom is 0.0998 e. The molecule has 0 amide bonds. The van der Waals surface area contributed by atoms with Crippen LogP contribution in [-0.2, 0) is 0 Å². The van der Waals surface area contributed by atoms with Crippen molar-refractivity contribution in [1.82, 2.24) is 9.13 Å². The van der Waals surface area contributed by atoms with Crippen LogP contribution in [0.25, 0.3) is 77.2 Å². The van der Waals surface area contributed by atoms with E-state index < -0.39 is 0 Å². The summed E-state index contributed by atoms with van der Waals surface area (Å²) in [4.78, 5) is 0. The predicted molar refractivity (Wildman–Crippen MR) is 205 cm³/mol. The summed E-state index contributed by atoms with van der Waals surface area (Å²) in [5.74, 6) is 0. The molecule has 0 atom stereocenters. The molecule has 234 valence electrons. The zero-order chi connectivity index (χ0) is 33.9. The molecule has 0 aliphatic heterocycles. The smallest absolute Gasteiger partial charge is 0.0998 e. The molecule has 0 fully saturated rings. The molecular weight excluding hydrogens is 609 g/mol. The highest BCUT2D eigenvalue weighted by molar-refractivity contribution is 6.16. The summed E-state index contributed by atoms with van der Waals surface area (Å²) < 4.78 is 4.70. The quantitative estimate of drug-likeness (QED) is 0.193. The normalized spacial score (nSPS) is 11.4. The van der Waals surface area contributed by atoms with E-state index in [1.165, 1.54) is 21.9 Å². The van der Waals surface area contributed by atoms with E-state index in [2.05, 4.69) is 156 Å². The molecule has 4 heteroatoms. The van der Waals surface area contributed by atoms with Crippen LogP contribution in [0.5, 0.6) is 0 Å². The van der Waals surface area contributed by atoms with Gasteiger partial charge < -0.3 is 9.13 Å². The van der Waals surface area contributed by atoms with Gasteiger partial charge in [-0.3, -0.25) is 0 Å². The first-order valence-corrected chi connectivity index (χ1v) is 16.7. The first-order valence-electron chi connectivity index (χ1n) is 16.7. The second-order valence-corrected chi connectivity index (χ2v) is 12.9. The number of hydrogen-bond acceptors (Lipinski definition) is 2. The molecule has 0 spiro atoms. The molecule has 4 nitrogen and oxygen atoms in total. The number of hydrogen-bond donors (Lipinski definition) is 0. The number of rotatable bonds is 4. The molecule has 0 aliphatic rings. The summed E-state index contributed by atoms with van der Waals surface area (Å²) in [5, 5.41) is 24.7. The number of para-hydroxylation sites is 4. The van der Waals surface area contributed by atoms with Gasteiger partial charge in [0.05, 0.1) is 51.0 Å². The van der Waals surface area contributed by atoms with Crippen LogP contribution < -0.4 is 0 Å². The lowest BCUT2D eigenvalue weighted by molar-refractivity contribution is 1.12. The standard InChI is InChI=1S/C46H30N4/c1-29-11-10-12-30(2)45(29)50-43-18-9-7-16-38(43)41-26-33(25-40(46(41)50)36-21-19-31(27-47)23-34(36)28-48)32-20-22-44-39(24-32)37-15-6-8-17-42(37)49(44)35-13-4-3-5-14-35/h3-26H,1-2H3. The first kappa shape index (κ1) is 29.3. The minimum Gasteiger partial charge on any atom is -0.309 e. The van der Waals surface area contributed by atoms with Gasteiger partial charge in [0, 0.05) is 38.4 Å². The Bertz CT molecular complexity index is 2890. The van der Waals surface area contributed by atoms with Crippen molar-refractivity contribution in [3.8, 4) is 45.8 Å². The third kappa shape index (κ3) is 4.37. The van der Waals surface area contributed by atoms with Crippen LogP contribution in [0.2, 0.25) is 0 Å². The van der Waals surface area contributed by atoms with Crippen molar-refractivity contribution in [2.45, 2.75) is 13.8 Å². The zero-order valence-electron chi connectivity index (χ0n) is 27.6. The van der Waals surface area contributed by atoms with Gasteiger partial charge in [0.2, 0.25) is 0 Å². The van der Waals surface area contributed by atoms with E-state index in [1.54, 1.807) is 6.07 Å². The van der Waals surface area contributed by atoms with Crippen LogP contribution in [0.15, 0.2) is 146 Å². The van der Waals surface area contributed by atoms with Crippen molar-refractivity contribution in [3.05, 3.63) is 168 Å². The topological polar surface area (TPSA) is 57.4 Å². The largest absolute Gasteiger partial charge is 0.309 e. The molecule has 9 aromatic rings. The summed E-state index contributed by atoms with van der Waals surface area (Å²) in [6.45, 7) is 4.31. The lowest BCUT2D eigenvalue weighted by atomic mass is 9.92. The summed E-state index contributed by atoms with van der Waals surface area (Å²) in [6, 6.07) is 55.4. The van der Waals surface area contributed by atoms with Gasteiger partial charge in [-0.05, 0) is 96.8 Å². The SMILES string of the molecule is Cc1cccc(C)c1-n1c2ccccc2c2cc(-c3ccc4c(c3)c3ccccc3n4-c3ccccc3)cc(-c3ccc(C#N)cc3C#N)c21. The first-order chi connectivity index (χ1) is 24.6. The maximum atomic E-state index is 10.4. The highest BCUT2D eigenvalue weighted by atomic mass is 15.0. The minimum absolute atomic E-state index is 0.466. The molecule has 2 aromatic heterocycles. The predicted octanol–water partition coefficient (Wildman–Crippen LogP) is 11.6. The van der Waals surface area contributed by atoms with Crippen molar-refractivity contribution in [1.29, 1.82) is 10.5 Å². The lowest BCUT2D eigenvalue weighted by Gasteiger charge is -2.18.